The zero-order chi connectivity index (χ0) is 18.9. The lowest BCUT2D eigenvalue weighted by Gasteiger charge is -2.24. The minimum atomic E-state index is -0.454. The van der Waals surface area contributed by atoms with Crippen LogP contribution in [0.3, 0.4) is 0 Å². The van der Waals surface area contributed by atoms with E-state index in [9.17, 15) is 14.0 Å². The van der Waals surface area contributed by atoms with Gasteiger partial charge in [0.15, 0.2) is 0 Å². The fourth-order valence-electron chi connectivity index (χ4n) is 2.39. The first-order valence-electron chi connectivity index (χ1n) is 8.19. The Kier molecular flexibility index (Phi) is 7.02. The Bertz CT molecular complexity index is 760. The summed E-state index contributed by atoms with van der Waals surface area (Å²) in [5, 5.41) is 0. The van der Waals surface area contributed by atoms with Gasteiger partial charge >= 0.3 is 5.97 Å². The molecule has 0 fully saturated rings. The van der Waals surface area contributed by atoms with Gasteiger partial charge in [-0.15, -0.1) is 0 Å². The van der Waals surface area contributed by atoms with Crippen LogP contribution in [0.15, 0.2) is 54.9 Å². The average molecular weight is 356 g/mol. The average Bonchev–Trinajstić information content (AvgIpc) is 2.66. The van der Waals surface area contributed by atoms with Gasteiger partial charge in [-0.2, -0.15) is 0 Å². The molecule has 26 heavy (non-hydrogen) atoms. The van der Waals surface area contributed by atoms with E-state index >= 15 is 0 Å². The monoisotopic (exact) mass is 356 g/mol. The number of hydrogen-bond donors (Lipinski definition) is 0. The zero-order valence-electron chi connectivity index (χ0n) is 14.8. The van der Waals surface area contributed by atoms with E-state index in [1.165, 1.54) is 25.3 Å². The number of amides is 1. The van der Waals surface area contributed by atoms with Crippen molar-refractivity contribution in [1.29, 1.82) is 0 Å². The van der Waals surface area contributed by atoms with Gasteiger partial charge in [0.1, 0.15) is 5.82 Å². The summed E-state index contributed by atoms with van der Waals surface area (Å²) in [4.78, 5) is 29.9. The van der Waals surface area contributed by atoms with E-state index in [0.717, 1.165) is 5.56 Å². The van der Waals surface area contributed by atoms with Crippen LogP contribution in [-0.4, -0.2) is 35.4 Å². The van der Waals surface area contributed by atoms with Crippen LogP contribution < -0.4 is 0 Å². The van der Waals surface area contributed by atoms with E-state index in [4.69, 9.17) is 4.74 Å². The van der Waals surface area contributed by atoms with E-state index in [-0.39, 0.29) is 24.2 Å². The molecule has 1 unspecified atom stereocenters. The van der Waals surface area contributed by atoms with E-state index in [2.05, 4.69) is 4.98 Å². The summed E-state index contributed by atoms with van der Waals surface area (Å²) in [5.41, 5.74) is 1.62. The van der Waals surface area contributed by atoms with Crippen molar-refractivity contribution in [2.45, 2.75) is 13.5 Å². The summed E-state index contributed by atoms with van der Waals surface area (Å²) >= 11 is 0. The Morgan fingerprint density at radius 2 is 1.85 bits per heavy atom. The molecule has 1 amide bonds. The Labute approximate surface area is 152 Å². The molecule has 1 atom stereocenters. The number of esters is 1. The summed E-state index contributed by atoms with van der Waals surface area (Å²) < 4.78 is 17.7. The molecule has 5 nitrogen and oxygen atoms in total. The predicted octanol–water partition coefficient (Wildman–Crippen LogP) is 3.07. The molecule has 0 aliphatic carbocycles. The molecule has 0 saturated carbocycles. The maximum Gasteiger partial charge on any atom is 0.310 e. The summed E-state index contributed by atoms with van der Waals surface area (Å²) in [7, 11) is 1.32. The van der Waals surface area contributed by atoms with Gasteiger partial charge in [0.25, 0.3) is 0 Å². The van der Waals surface area contributed by atoms with Crippen LogP contribution in [0.5, 0.6) is 0 Å². The molecule has 136 valence electrons. The van der Waals surface area contributed by atoms with Crippen molar-refractivity contribution >= 4 is 18.0 Å². The highest BCUT2D eigenvalue weighted by atomic mass is 19.1. The second-order valence-corrected chi connectivity index (χ2v) is 5.88. The largest absolute Gasteiger partial charge is 0.469 e. The van der Waals surface area contributed by atoms with Gasteiger partial charge in [0.05, 0.1) is 13.0 Å². The smallest absolute Gasteiger partial charge is 0.310 e. The van der Waals surface area contributed by atoms with Crippen molar-refractivity contribution in [2.75, 3.05) is 13.7 Å². The molecular weight excluding hydrogens is 335 g/mol. The fourth-order valence-corrected chi connectivity index (χ4v) is 2.39. The fraction of sp³-hybridized carbons (Fsp3) is 0.250. The number of carbonyl (C=O) groups is 2. The molecule has 0 radical (unpaired) electrons. The molecule has 0 aliphatic heterocycles. The quantitative estimate of drug-likeness (QED) is 0.565. The summed E-state index contributed by atoms with van der Waals surface area (Å²) in [6, 6.07) is 9.46. The molecule has 0 N–H and O–H groups in total. The number of rotatable bonds is 7. The van der Waals surface area contributed by atoms with Gasteiger partial charge in [-0.25, -0.2) is 4.39 Å². The summed E-state index contributed by atoms with van der Waals surface area (Å²) in [6.07, 6.45) is 6.33. The van der Waals surface area contributed by atoms with E-state index in [1.807, 2.05) is 12.1 Å². The standard InChI is InChI=1S/C20H21FN2O3/c1-15(20(25)26-2)13-23(14-17-9-11-22-12-10-17)19(24)8-5-16-3-6-18(21)7-4-16/h3-12,15H,13-14H2,1-2H3/b8-5+. The lowest BCUT2D eigenvalue weighted by molar-refractivity contribution is -0.146. The minimum absolute atomic E-state index is 0.224. The first-order chi connectivity index (χ1) is 12.5. The van der Waals surface area contributed by atoms with Crippen LogP contribution in [0.2, 0.25) is 0 Å². The Balaban J connectivity index is 2.13. The van der Waals surface area contributed by atoms with Gasteiger partial charge < -0.3 is 9.64 Å². The maximum atomic E-state index is 13.0. The van der Waals surface area contributed by atoms with Crippen LogP contribution >= 0.6 is 0 Å². The van der Waals surface area contributed by atoms with Crippen LogP contribution in [-0.2, 0) is 20.9 Å². The van der Waals surface area contributed by atoms with Crippen molar-refractivity contribution in [1.82, 2.24) is 9.88 Å². The van der Waals surface area contributed by atoms with Gasteiger partial charge in [-0.3, -0.25) is 14.6 Å². The molecule has 0 bridgehead atoms. The van der Waals surface area contributed by atoms with Crippen molar-refractivity contribution in [3.63, 3.8) is 0 Å². The highest BCUT2D eigenvalue weighted by Crippen LogP contribution is 2.11. The molecule has 2 aromatic rings. The summed E-state index contributed by atoms with van der Waals surface area (Å²) in [5.74, 6) is -1.41. The maximum absolute atomic E-state index is 13.0. The van der Waals surface area contributed by atoms with Crippen molar-refractivity contribution < 1.29 is 18.7 Å². The molecule has 6 heteroatoms. The van der Waals surface area contributed by atoms with Crippen molar-refractivity contribution in [3.05, 3.63) is 71.8 Å². The van der Waals surface area contributed by atoms with E-state index < -0.39 is 5.92 Å². The van der Waals surface area contributed by atoms with Crippen molar-refractivity contribution in [2.24, 2.45) is 5.92 Å². The van der Waals surface area contributed by atoms with Crippen molar-refractivity contribution in [3.8, 4) is 0 Å². The third-order valence-electron chi connectivity index (χ3n) is 3.82. The van der Waals surface area contributed by atoms with Crippen LogP contribution in [0.1, 0.15) is 18.1 Å². The van der Waals surface area contributed by atoms with Gasteiger partial charge in [-0.05, 0) is 41.5 Å². The lowest BCUT2D eigenvalue weighted by atomic mass is 10.1. The number of hydrogen-bond acceptors (Lipinski definition) is 4. The number of methoxy groups -OCH3 is 1. The van der Waals surface area contributed by atoms with Gasteiger partial charge in [0, 0.05) is 31.6 Å². The third kappa shape index (κ3) is 5.81. The number of aromatic nitrogens is 1. The molecule has 1 aromatic carbocycles. The zero-order valence-corrected chi connectivity index (χ0v) is 14.8. The number of benzene rings is 1. The highest BCUT2D eigenvalue weighted by Gasteiger charge is 2.20. The molecule has 1 heterocycles. The number of ether oxygens (including phenoxy) is 1. The first-order valence-corrected chi connectivity index (χ1v) is 8.19. The van der Waals surface area contributed by atoms with E-state index in [1.54, 1.807) is 42.4 Å². The number of halogens is 1. The lowest BCUT2D eigenvalue weighted by Crippen LogP contribution is -2.35. The molecule has 1 aromatic heterocycles. The Hall–Kier alpha value is -3.02. The SMILES string of the molecule is COC(=O)C(C)CN(Cc1ccncc1)C(=O)/C=C/c1ccc(F)cc1. The molecule has 2 rings (SSSR count). The minimum Gasteiger partial charge on any atom is -0.469 e. The number of pyridine rings is 1. The summed E-state index contributed by atoms with van der Waals surface area (Å²) in [6.45, 7) is 2.28. The second-order valence-electron chi connectivity index (χ2n) is 5.88. The predicted molar refractivity (Wildman–Crippen MR) is 96.3 cm³/mol. The topological polar surface area (TPSA) is 59.5 Å². The van der Waals surface area contributed by atoms with Crippen LogP contribution in [0.25, 0.3) is 6.08 Å². The molecular formula is C20H21FN2O3. The first kappa shape index (κ1) is 19.3. The second kappa shape index (κ2) is 9.46. The van der Waals surface area contributed by atoms with E-state index in [0.29, 0.717) is 12.1 Å². The Morgan fingerprint density at radius 1 is 1.19 bits per heavy atom. The highest BCUT2D eigenvalue weighted by molar-refractivity contribution is 5.92. The third-order valence-corrected chi connectivity index (χ3v) is 3.82. The number of nitrogens with zero attached hydrogens (tertiary/aromatic N) is 2. The molecule has 0 saturated heterocycles. The van der Waals surface area contributed by atoms with Gasteiger partial charge in [-0.1, -0.05) is 19.1 Å². The Morgan fingerprint density at radius 3 is 2.46 bits per heavy atom. The van der Waals surface area contributed by atoms with Crippen LogP contribution in [0, 0.1) is 11.7 Å². The molecule has 0 spiro atoms. The normalized spacial score (nSPS) is 12.0. The number of carbonyl (C=O) groups excluding carboxylic acids is 2. The van der Waals surface area contributed by atoms with Crippen LogP contribution in [0.4, 0.5) is 4.39 Å². The molecule has 0 aliphatic rings. The van der Waals surface area contributed by atoms with Gasteiger partial charge in [0.2, 0.25) is 5.91 Å².